The Kier molecular flexibility index (Phi) is 7.22. The second-order valence-electron chi connectivity index (χ2n) is 13.6. The van der Waals surface area contributed by atoms with Crippen molar-refractivity contribution in [2.24, 2.45) is 0 Å². The first-order valence-corrected chi connectivity index (χ1v) is 18.0. The molecule has 0 atom stereocenters. The van der Waals surface area contributed by atoms with E-state index in [4.69, 9.17) is 0 Å². The number of hydrogen-bond donors (Lipinski definition) is 0. The number of fused-ring (bicyclic) bond motifs is 6. The van der Waals surface area contributed by atoms with Crippen molar-refractivity contribution in [3.63, 3.8) is 0 Å². The van der Waals surface area contributed by atoms with Crippen molar-refractivity contribution in [1.82, 2.24) is 9.13 Å². The molecule has 54 heavy (non-hydrogen) atoms. The first kappa shape index (κ1) is 31.1. The molecule has 0 N–H and O–H groups in total. The van der Waals surface area contributed by atoms with Gasteiger partial charge in [-0.15, -0.1) is 0 Å². The van der Waals surface area contributed by atoms with Crippen molar-refractivity contribution in [3.05, 3.63) is 193 Å². The standard InChI is InChI=1S/C50H30N4/c51-31-33-12-11-17-38(28-33)39-24-27-49(53-45-20-9-7-18-40(45)42-29-36(22-25-47(42)53)34-13-3-1-4-14-34)44(32-52)50(39)54-46-21-10-8-19-41(46)43-30-37(23-26-48(43)54)35-15-5-2-6-16-35/h1-30H. The molecule has 10 rings (SSSR count). The van der Waals surface area contributed by atoms with Gasteiger partial charge in [-0.25, -0.2) is 0 Å². The van der Waals surface area contributed by atoms with Gasteiger partial charge in [0.25, 0.3) is 0 Å². The molecule has 0 amide bonds. The maximum Gasteiger partial charge on any atom is 0.104 e. The highest BCUT2D eigenvalue weighted by Crippen LogP contribution is 2.43. The molecule has 0 saturated heterocycles. The van der Waals surface area contributed by atoms with Gasteiger partial charge in [0.1, 0.15) is 11.6 Å². The summed E-state index contributed by atoms with van der Waals surface area (Å²) in [6, 6.07) is 67.7. The molecule has 0 saturated carbocycles. The molecule has 2 aromatic heterocycles. The number of hydrogen-bond acceptors (Lipinski definition) is 2. The Bertz CT molecular complexity index is 3170. The summed E-state index contributed by atoms with van der Waals surface area (Å²) in [5.41, 5.74) is 13.0. The highest BCUT2D eigenvalue weighted by Gasteiger charge is 2.24. The number of nitriles is 2. The van der Waals surface area contributed by atoms with Crippen molar-refractivity contribution in [3.8, 4) is 56.9 Å². The van der Waals surface area contributed by atoms with Crippen LogP contribution in [0.1, 0.15) is 11.1 Å². The molecule has 0 bridgehead atoms. The zero-order valence-electron chi connectivity index (χ0n) is 29.1. The first-order chi connectivity index (χ1) is 26.7. The molecular weight excluding hydrogens is 657 g/mol. The predicted molar refractivity (Wildman–Crippen MR) is 221 cm³/mol. The normalized spacial score (nSPS) is 11.3. The van der Waals surface area contributed by atoms with E-state index in [1.54, 1.807) is 0 Å². The summed E-state index contributed by atoms with van der Waals surface area (Å²) in [5.74, 6) is 0. The minimum Gasteiger partial charge on any atom is -0.308 e. The van der Waals surface area contributed by atoms with E-state index in [2.05, 4.69) is 167 Å². The minimum atomic E-state index is 0.541. The quantitative estimate of drug-likeness (QED) is 0.181. The summed E-state index contributed by atoms with van der Waals surface area (Å²) in [7, 11) is 0. The van der Waals surface area contributed by atoms with Crippen LogP contribution in [0.3, 0.4) is 0 Å². The van der Waals surface area contributed by atoms with E-state index in [1.165, 1.54) is 0 Å². The van der Waals surface area contributed by atoms with Crippen LogP contribution in [-0.4, -0.2) is 9.13 Å². The van der Waals surface area contributed by atoms with Gasteiger partial charge < -0.3 is 9.13 Å². The Morgan fingerprint density at radius 3 is 1.46 bits per heavy atom. The van der Waals surface area contributed by atoms with E-state index in [-0.39, 0.29) is 0 Å². The molecule has 4 heteroatoms. The molecule has 0 aliphatic carbocycles. The van der Waals surface area contributed by atoms with Gasteiger partial charge in [-0.05, 0) is 82.4 Å². The summed E-state index contributed by atoms with van der Waals surface area (Å²) in [5, 5.41) is 25.8. The fourth-order valence-corrected chi connectivity index (χ4v) is 8.17. The summed E-state index contributed by atoms with van der Waals surface area (Å²) in [6.07, 6.45) is 0. The van der Waals surface area contributed by atoms with Crippen LogP contribution >= 0.6 is 0 Å². The van der Waals surface area contributed by atoms with Crippen molar-refractivity contribution < 1.29 is 0 Å². The SMILES string of the molecule is N#Cc1cccc(-c2ccc(-n3c4ccccc4c4cc(-c5ccccc5)ccc43)c(C#N)c2-n2c3ccccc3c3cc(-c4ccccc4)ccc32)c1. The van der Waals surface area contributed by atoms with Gasteiger partial charge in [0.2, 0.25) is 0 Å². The smallest absolute Gasteiger partial charge is 0.104 e. The summed E-state index contributed by atoms with van der Waals surface area (Å²) < 4.78 is 4.48. The highest BCUT2D eigenvalue weighted by atomic mass is 15.0. The maximum atomic E-state index is 11.4. The van der Waals surface area contributed by atoms with Crippen molar-refractivity contribution in [2.75, 3.05) is 0 Å². The largest absolute Gasteiger partial charge is 0.308 e. The third-order valence-corrected chi connectivity index (χ3v) is 10.6. The molecule has 250 valence electrons. The molecular formula is C50H30N4. The molecule has 10 aromatic rings. The van der Waals surface area contributed by atoms with Gasteiger partial charge in [0.15, 0.2) is 0 Å². The minimum absolute atomic E-state index is 0.541. The Morgan fingerprint density at radius 2 is 0.870 bits per heavy atom. The van der Waals surface area contributed by atoms with Crippen molar-refractivity contribution in [2.45, 2.75) is 0 Å². The third kappa shape index (κ3) is 4.83. The highest BCUT2D eigenvalue weighted by molar-refractivity contribution is 6.13. The summed E-state index contributed by atoms with van der Waals surface area (Å²) >= 11 is 0. The van der Waals surface area contributed by atoms with Crippen molar-refractivity contribution in [1.29, 1.82) is 10.5 Å². The zero-order valence-corrected chi connectivity index (χ0v) is 29.1. The Balaban J connectivity index is 1.31. The van der Waals surface area contributed by atoms with Gasteiger partial charge in [-0.3, -0.25) is 0 Å². The molecule has 2 heterocycles. The van der Waals surface area contributed by atoms with E-state index in [0.717, 1.165) is 88.4 Å². The third-order valence-electron chi connectivity index (χ3n) is 10.6. The lowest BCUT2D eigenvalue weighted by atomic mass is 9.97. The monoisotopic (exact) mass is 686 g/mol. The van der Waals surface area contributed by atoms with Gasteiger partial charge in [0, 0.05) is 27.1 Å². The van der Waals surface area contributed by atoms with Crippen LogP contribution in [0.2, 0.25) is 0 Å². The van der Waals surface area contributed by atoms with E-state index in [9.17, 15) is 10.5 Å². The number of rotatable bonds is 5. The van der Waals surface area contributed by atoms with E-state index >= 15 is 0 Å². The van der Waals surface area contributed by atoms with Gasteiger partial charge >= 0.3 is 0 Å². The molecule has 0 fully saturated rings. The van der Waals surface area contributed by atoms with E-state index in [0.29, 0.717) is 11.1 Å². The van der Waals surface area contributed by atoms with Crippen LogP contribution < -0.4 is 0 Å². The number of para-hydroxylation sites is 2. The lowest BCUT2D eigenvalue weighted by Gasteiger charge is -2.20. The molecule has 0 unspecified atom stereocenters. The lowest BCUT2D eigenvalue weighted by molar-refractivity contribution is 1.12. The Hall–Kier alpha value is -7.66. The van der Waals surface area contributed by atoms with Crippen LogP contribution in [0.25, 0.3) is 88.4 Å². The molecule has 0 spiro atoms. The van der Waals surface area contributed by atoms with Crippen LogP contribution in [-0.2, 0) is 0 Å². The molecule has 0 radical (unpaired) electrons. The lowest BCUT2D eigenvalue weighted by Crippen LogP contribution is -2.06. The van der Waals surface area contributed by atoms with E-state index in [1.807, 2.05) is 36.4 Å². The van der Waals surface area contributed by atoms with E-state index < -0.39 is 0 Å². The number of aromatic nitrogens is 2. The van der Waals surface area contributed by atoms with Gasteiger partial charge in [0.05, 0.1) is 45.1 Å². The average molecular weight is 687 g/mol. The zero-order chi connectivity index (χ0) is 36.2. The van der Waals surface area contributed by atoms with Crippen LogP contribution in [0.5, 0.6) is 0 Å². The molecule has 0 aliphatic rings. The molecule has 8 aromatic carbocycles. The first-order valence-electron chi connectivity index (χ1n) is 18.0. The second kappa shape index (κ2) is 12.5. The topological polar surface area (TPSA) is 57.4 Å². The fraction of sp³-hybridized carbons (Fsp3) is 0. The van der Waals surface area contributed by atoms with Gasteiger partial charge in [-0.2, -0.15) is 10.5 Å². The van der Waals surface area contributed by atoms with Crippen molar-refractivity contribution >= 4 is 43.6 Å². The molecule has 0 aliphatic heterocycles. The van der Waals surface area contributed by atoms with Crippen LogP contribution in [0.15, 0.2) is 182 Å². The number of benzene rings is 8. The fourth-order valence-electron chi connectivity index (χ4n) is 8.17. The summed E-state index contributed by atoms with van der Waals surface area (Å²) in [6.45, 7) is 0. The Labute approximate surface area is 312 Å². The maximum absolute atomic E-state index is 11.4. The second-order valence-corrected chi connectivity index (χ2v) is 13.6. The average Bonchev–Trinajstić information content (AvgIpc) is 3.75. The predicted octanol–water partition coefficient (Wildman–Crippen LogP) is 12.6. The Morgan fingerprint density at radius 1 is 0.352 bits per heavy atom. The van der Waals surface area contributed by atoms with Crippen LogP contribution in [0, 0.1) is 22.7 Å². The molecule has 4 nitrogen and oxygen atoms in total. The number of nitrogens with zero attached hydrogens (tertiary/aromatic N) is 4. The van der Waals surface area contributed by atoms with Crippen LogP contribution in [0.4, 0.5) is 0 Å². The summed E-state index contributed by atoms with van der Waals surface area (Å²) in [4.78, 5) is 0. The van der Waals surface area contributed by atoms with Gasteiger partial charge in [-0.1, -0.05) is 127 Å².